The van der Waals surface area contributed by atoms with Gasteiger partial charge in [0.05, 0.1) is 17.6 Å². The zero-order valence-corrected chi connectivity index (χ0v) is 10.8. The van der Waals surface area contributed by atoms with E-state index >= 15 is 0 Å². The number of benzene rings is 1. The summed E-state index contributed by atoms with van der Waals surface area (Å²) >= 11 is 3.28. The molecule has 1 atom stereocenters. The molecule has 0 unspecified atom stereocenters. The maximum Gasteiger partial charge on any atom is 0.156 e. The molecule has 84 valence electrons. The van der Waals surface area contributed by atoms with Gasteiger partial charge < -0.3 is 5.11 Å². The second-order valence-corrected chi connectivity index (χ2v) is 6.55. The molecule has 0 heterocycles. The third-order valence-electron chi connectivity index (χ3n) is 1.79. The molecule has 5 heteroatoms. The van der Waals surface area contributed by atoms with Crippen molar-refractivity contribution < 1.29 is 13.5 Å². The van der Waals surface area contributed by atoms with Crippen molar-refractivity contribution in [2.75, 3.05) is 5.75 Å². The first-order valence-electron chi connectivity index (χ1n) is 4.52. The van der Waals surface area contributed by atoms with Gasteiger partial charge in [-0.3, -0.25) is 0 Å². The highest BCUT2D eigenvalue weighted by Crippen LogP contribution is 2.13. The lowest BCUT2D eigenvalue weighted by atomic mass is 10.2. The molecular formula is C10H13BrO3S. The second-order valence-electron chi connectivity index (χ2n) is 3.53. The van der Waals surface area contributed by atoms with E-state index in [0.29, 0.717) is 0 Å². The fraction of sp³-hybridized carbons (Fsp3) is 0.400. The van der Waals surface area contributed by atoms with Gasteiger partial charge in [0.2, 0.25) is 0 Å². The van der Waals surface area contributed by atoms with Crippen LogP contribution in [-0.2, 0) is 15.6 Å². The van der Waals surface area contributed by atoms with Gasteiger partial charge >= 0.3 is 0 Å². The largest absolute Gasteiger partial charge is 0.392 e. The lowest BCUT2D eigenvalue weighted by molar-refractivity contribution is 0.218. The molecule has 0 bridgehead atoms. The Bertz CT molecular complexity index is 409. The van der Waals surface area contributed by atoms with Crippen LogP contribution in [0, 0.1) is 0 Å². The molecule has 1 rings (SSSR count). The van der Waals surface area contributed by atoms with E-state index in [1.807, 2.05) is 0 Å². The average molecular weight is 293 g/mol. The van der Waals surface area contributed by atoms with Crippen molar-refractivity contribution in [3.8, 4) is 0 Å². The van der Waals surface area contributed by atoms with Crippen molar-refractivity contribution in [3.63, 3.8) is 0 Å². The molecule has 0 aliphatic rings. The van der Waals surface area contributed by atoms with Gasteiger partial charge in [0.15, 0.2) is 9.84 Å². The second kappa shape index (κ2) is 5.09. The molecule has 0 radical (unpaired) electrons. The lowest BCUT2D eigenvalue weighted by Crippen LogP contribution is -2.19. The first-order chi connectivity index (χ1) is 6.89. The summed E-state index contributed by atoms with van der Waals surface area (Å²) in [4.78, 5) is 0. The Balaban J connectivity index is 2.73. The molecule has 0 saturated heterocycles. The summed E-state index contributed by atoms with van der Waals surface area (Å²) in [5.74, 6) is -0.214. The quantitative estimate of drug-likeness (QED) is 0.920. The van der Waals surface area contributed by atoms with Crippen LogP contribution in [0.2, 0.25) is 0 Å². The SMILES string of the molecule is C[C@H](O)CS(=O)(=O)Cc1ccc(Br)cc1. The van der Waals surface area contributed by atoms with Gasteiger partial charge in [-0.2, -0.15) is 0 Å². The van der Waals surface area contributed by atoms with Gasteiger partial charge in [-0.1, -0.05) is 28.1 Å². The molecule has 3 nitrogen and oxygen atoms in total. The highest BCUT2D eigenvalue weighted by molar-refractivity contribution is 9.10. The Labute approximate surface area is 98.2 Å². The molecule has 0 amide bonds. The number of hydrogen-bond donors (Lipinski definition) is 1. The number of halogens is 1. The van der Waals surface area contributed by atoms with Crippen molar-refractivity contribution in [2.24, 2.45) is 0 Å². The van der Waals surface area contributed by atoms with Crippen LogP contribution in [0.15, 0.2) is 28.7 Å². The van der Waals surface area contributed by atoms with Gasteiger partial charge in [-0.25, -0.2) is 8.42 Å². The molecule has 0 aromatic heterocycles. The van der Waals surface area contributed by atoms with Gasteiger partial charge in [-0.15, -0.1) is 0 Å². The molecule has 0 fully saturated rings. The number of aliphatic hydroxyl groups is 1. The fourth-order valence-corrected chi connectivity index (χ4v) is 3.08. The minimum atomic E-state index is -3.21. The zero-order chi connectivity index (χ0) is 11.5. The van der Waals surface area contributed by atoms with E-state index in [4.69, 9.17) is 5.11 Å². The van der Waals surface area contributed by atoms with Gasteiger partial charge in [0.1, 0.15) is 0 Å². The van der Waals surface area contributed by atoms with Crippen molar-refractivity contribution in [3.05, 3.63) is 34.3 Å². The third-order valence-corrected chi connectivity index (χ3v) is 4.09. The van der Waals surface area contributed by atoms with E-state index < -0.39 is 15.9 Å². The third kappa shape index (κ3) is 4.77. The summed E-state index contributed by atoms with van der Waals surface area (Å²) in [5, 5.41) is 9.02. The first kappa shape index (κ1) is 12.7. The average Bonchev–Trinajstić information content (AvgIpc) is 2.06. The standard InChI is InChI=1S/C10H13BrO3S/c1-8(12)6-15(13,14)7-9-2-4-10(11)5-3-9/h2-5,8,12H,6-7H2,1H3/t8-/m0/s1. The van der Waals surface area contributed by atoms with E-state index in [2.05, 4.69) is 15.9 Å². The maximum absolute atomic E-state index is 11.5. The van der Waals surface area contributed by atoms with E-state index in [9.17, 15) is 8.42 Å². The van der Waals surface area contributed by atoms with Crippen LogP contribution >= 0.6 is 15.9 Å². The molecule has 0 aliphatic heterocycles. The van der Waals surface area contributed by atoms with Gasteiger partial charge in [0, 0.05) is 4.47 Å². The van der Waals surface area contributed by atoms with Crippen LogP contribution in [-0.4, -0.2) is 25.4 Å². The minimum absolute atomic E-state index is 0.0226. The normalized spacial score (nSPS) is 13.8. The zero-order valence-electron chi connectivity index (χ0n) is 8.35. The molecule has 0 spiro atoms. The van der Waals surface area contributed by atoms with Crippen LogP contribution in [0.3, 0.4) is 0 Å². The summed E-state index contributed by atoms with van der Waals surface area (Å²) in [6, 6.07) is 7.10. The Morgan fingerprint density at radius 1 is 1.33 bits per heavy atom. The molecule has 0 aliphatic carbocycles. The predicted molar refractivity (Wildman–Crippen MR) is 63.3 cm³/mol. The fourth-order valence-electron chi connectivity index (χ4n) is 1.26. The number of rotatable bonds is 4. The Kier molecular flexibility index (Phi) is 4.31. The topological polar surface area (TPSA) is 54.4 Å². The van der Waals surface area contributed by atoms with Crippen molar-refractivity contribution >= 4 is 25.8 Å². The van der Waals surface area contributed by atoms with E-state index in [-0.39, 0.29) is 11.5 Å². The van der Waals surface area contributed by atoms with Crippen molar-refractivity contribution in [1.82, 2.24) is 0 Å². The molecular weight excluding hydrogens is 280 g/mol. The van der Waals surface area contributed by atoms with Crippen molar-refractivity contribution in [2.45, 2.75) is 18.8 Å². The Morgan fingerprint density at radius 3 is 2.33 bits per heavy atom. The van der Waals surface area contributed by atoms with E-state index in [0.717, 1.165) is 10.0 Å². The number of aliphatic hydroxyl groups excluding tert-OH is 1. The molecule has 1 aromatic carbocycles. The first-order valence-corrected chi connectivity index (χ1v) is 7.13. The van der Waals surface area contributed by atoms with Gasteiger partial charge in [0.25, 0.3) is 0 Å². The Hall–Kier alpha value is -0.390. The molecule has 1 aromatic rings. The summed E-state index contributed by atoms with van der Waals surface area (Å²) in [6.45, 7) is 1.47. The summed E-state index contributed by atoms with van der Waals surface area (Å²) < 4.78 is 24.0. The summed E-state index contributed by atoms with van der Waals surface area (Å²) in [6.07, 6.45) is -0.814. The smallest absolute Gasteiger partial charge is 0.156 e. The van der Waals surface area contributed by atoms with Crippen LogP contribution in [0.5, 0.6) is 0 Å². The lowest BCUT2D eigenvalue weighted by Gasteiger charge is -2.06. The molecule has 15 heavy (non-hydrogen) atoms. The van der Waals surface area contributed by atoms with E-state index in [1.54, 1.807) is 24.3 Å². The van der Waals surface area contributed by atoms with Crippen LogP contribution in [0.1, 0.15) is 12.5 Å². The van der Waals surface area contributed by atoms with Gasteiger partial charge in [-0.05, 0) is 24.6 Å². The Morgan fingerprint density at radius 2 is 1.87 bits per heavy atom. The maximum atomic E-state index is 11.5. The summed E-state index contributed by atoms with van der Waals surface area (Å²) in [7, 11) is -3.21. The number of hydrogen-bond acceptors (Lipinski definition) is 3. The van der Waals surface area contributed by atoms with Crippen LogP contribution < -0.4 is 0 Å². The van der Waals surface area contributed by atoms with Crippen molar-refractivity contribution in [1.29, 1.82) is 0 Å². The molecule has 0 saturated carbocycles. The minimum Gasteiger partial charge on any atom is -0.392 e. The highest BCUT2D eigenvalue weighted by atomic mass is 79.9. The van der Waals surface area contributed by atoms with Crippen LogP contribution in [0.25, 0.3) is 0 Å². The van der Waals surface area contributed by atoms with Crippen LogP contribution in [0.4, 0.5) is 0 Å². The summed E-state index contributed by atoms with van der Waals surface area (Å²) in [5.41, 5.74) is 0.735. The number of sulfone groups is 1. The molecule has 1 N–H and O–H groups in total. The monoisotopic (exact) mass is 292 g/mol. The van der Waals surface area contributed by atoms with E-state index in [1.165, 1.54) is 6.92 Å². The predicted octanol–water partition coefficient (Wildman–Crippen LogP) is 1.74. The highest BCUT2D eigenvalue weighted by Gasteiger charge is 2.14.